The topological polar surface area (TPSA) is 202 Å². The summed E-state index contributed by atoms with van der Waals surface area (Å²) in [7, 11) is 2.80. The molecule has 8 N–H and O–H groups in total. The van der Waals surface area contributed by atoms with Gasteiger partial charge in [-0.2, -0.15) is 0 Å². The largest absolute Gasteiger partial charge is 0.508 e. The van der Waals surface area contributed by atoms with E-state index < -0.39 is 81.1 Å². The second-order valence-corrected chi connectivity index (χ2v) is 9.06. The van der Waals surface area contributed by atoms with Crippen LogP contribution < -0.4 is 5.73 Å². The Balaban J connectivity index is 0.00000324. The quantitative estimate of drug-likeness (QED) is 0.249. The molecule has 0 saturated heterocycles. The minimum Gasteiger partial charge on any atom is -0.508 e. The van der Waals surface area contributed by atoms with Crippen molar-refractivity contribution in [3.8, 4) is 5.75 Å². The van der Waals surface area contributed by atoms with E-state index in [1.54, 1.807) is 0 Å². The normalized spacial score (nSPS) is 34.9. The Kier molecular flexibility index (Phi) is 5.88. The number of carbonyl (C=O) groups is 3. The predicted octanol–water partition coefficient (Wildman–Crippen LogP) is -0.978. The molecule has 4 unspecified atom stereocenters. The van der Waals surface area contributed by atoms with Crippen molar-refractivity contribution in [1.29, 1.82) is 0 Å². The van der Waals surface area contributed by atoms with E-state index in [0.29, 0.717) is 0 Å². The van der Waals surface area contributed by atoms with Gasteiger partial charge in [-0.3, -0.25) is 19.3 Å². The lowest BCUT2D eigenvalue weighted by atomic mass is 9.53. The minimum absolute atomic E-state index is 0. The third-order valence-corrected chi connectivity index (χ3v) is 7.03. The number of likely N-dealkylation sites (N-methyl/N-ethyl adjacent to an activating group) is 1. The average molecular weight is 497 g/mol. The summed E-state index contributed by atoms with van der Waals surface area (Å²) in [5, 5.41) is 66.3. The van der Waals surface area contributed by atoms with Crippen molar-refractivity contribution in [3.63, 3.8) is 0 Å². The number of aliphatic hydroxyl groups is 5. The van der Waals surface area contributed by atoms with Gasteiger partial charge in [-0.25, -0.2) is 0 Å². The van der Waals surface area contributed by atoms with E-state index in [4.69, 9.17) is 5.73 Å². The van der Waals surface area contributed by atoms with Crippen LogP contribution in [0, 0.1) is 11.8 Å². The number of nitrogens with two attached hydrogens (primary N) is 1. The van der Waals surface area contributed by atoms with Crippen molar-refractivity contribution >= 4 is 35.6 Å². The van der Waals surface area contributed by atoms with Crippen LogP contribution in [0.2, 0.25) is 0 Å². The number of phenols is 1. The Morgan fingerprint density at radius 2 is 1.71 bits per heavy atom. The van der Waals surface area contributed by atoms with Gasteiger partial charge in [0.1, 0.15) is 22.8 Å². The number of ketones is 2. The predicted molar refractivity (Wildman–Crippen MR) is 119 cm³/mol. The number of aliphatic hydroxyl groups excluding tert-OH is 3. The first-order valence-electron chi connectivity index (χ1n) is 10.1. The second kappa shape index (κ2) is 7.79. The fourth-order valence-electron chi connectivity index (χ4n) is 5.60. The van der Waals surface area contributed by atoms with Gasteiger partial charge >= 0.3 is 0 Å². The highest BCUT2D eigenvalue weighted by Crippen LogP contribution is 2.57. The molecule has 6 atom stereocenters. The molecule has 34 heavy (non-hydrogen) atoms. The van der Waals surface area contributed by atoms with Gasteiger partial charge in [-0.1, -0.05) is 12.1 Å². The van der Waals surface area contributed by atoms with Crippen molar-refractivity contribution in [2.45, 2.75) is 30.3 Å². The van der Waals surface area contributed by atoms with E-state index in [-0.39, 0.29) is 23.5 Å². The molecule has 12 heteroatoms. The zero-order chi connectivity index (χ0) is 24.8. The van der Waals surface area contributed by atoms with Gasteiger partial charge in [0.05, 0.1) is 40.7 Å². The number of hydrogen-bond donors (Lipinski definition) is 7. The van der Waals surface area contributed by atoms with Crippen LogP contribution in [0.4, 0.5) is 0 Å². The number of carbonyl (C=O) groups excluding carboxylic acids is 3. The summed E-state index contributed by atoms with van der Waals surface area (Å²) in [4.78, 5) is 39.9. The molecule has 184 valence electrons. The summed E-state index contributed by atoms with van der Waals surface area (Å²) in [6, 6.07) is 2.50. The molecule has 4 rings (SSSR count). The van der Waals surface area contributed by atoms with E-state index in [1.165, 1.54) is 44.1 Å². The number of aromatic hydroxyl groups is 1. The molecule has 1 aromatic carbocycles. The lowest BCUT2D eigenvalue weighted by Gasteiger charge is -2.55. The van der Waals surface area contributed by atoms with E-state index in [2.05, 4.69) is 0 Å². The van der Waals surface area contributed by atoms with Crippen LogP contribution in [0.3, 0.4) is 0 Å². The summed E-state index contributed by atoms with van der Waals surface area (Å²) in [6.45, 7) is 1.25. The average Bonchev–Trinajstić information content (AvgIpc) is 2.70. The number of primary amides is 1. The molecule has 0 radical (unpaired) electrons. The highest BCUT2D eigenvalue weighted by Gasteiger charge is 2.70. The van der Waals surface area contributed by atoms with Crippen LogP contribution >= 0.6 is 12.4 Å². The number of nitrogens with zero attached hydrogens (tertiary/aromatic N) is 1. The second-order valence-electron chi connectivity index (χ2n) is 9.06. The molecule has 0 spiro atoms. The van der Waals surface area contributed by atoms with E-state index in [9.17, 15) is 45.0 Å². The van der Waals surface area contributed by atoms with Crippen LogP contribution in [0.5, 0.6) is 5.75 Å². The standard InChI is InChI=1S/C22H24N2O9.ClH/c1-21(32)7-5-4-6-8(25)9(7)15(26)10-12(21)17(28)13-14(24(2)3)16(27)11(20(23)31)19(30)22(13,33)18(10)29;/h4-6,12-14,17,25-26,28,30,32-33H,1-3H3,(H2,23,31);1H/t12?,13?,14?,17?,21-,22+;/m1./s1. The third-order valence-electron chi connectivity index (χ3n) is 7.03. The summed E-state index contributed by atoms with van der Waals surface area (Å²) >= 11 is 0. The highest BCUT2D eigenvalue weighted by atomic mass is 35.5. The van der Waals surface area contributed by atoms with Gasteiger partial charge in [-0.05, 0) is 32.6 Å². The van der Waals surface area contributed by atoms with Crippen molar-refractivity contribution in [3.05, 3.63) is 46.2 Å². The van der Waals surface area contributed by atoms with Gasteiger partial charge in [0.25, 0.3) is 5.91 Å². The number of fused-ring (bicyclic) bond motifs is 3. The van der Waals surface area contributed by atoms with Gasteiger partial charge in [0.2, 0.25) is 5.78 Å². The molecule has 1 saturated carbocycles. The molecular formula is C22H25ClN2O9. The Morgan fingerprint density at radius 3 is 2.24 bits per heavy atom. The maximum Gasteiger partial charge on any atom is 0.255 e. The van der Waals surface area contributed by atoms with E-state index in [0.717, 1.165) is 0 Å². The van der Waals surface area contributed by atoms with Crippen molar-refractivity contribution < 1.29 is 45.0 Å². The van der Waals surface area contributed by atoms with Gasteiger partial charge < -0.3 is 36.4 Å². The zero-order valence-electron chi connectivity index (χ0n) is 18.4. The zero-order valence-corrected chi connectivity index (χ0v) is 19.2. The number of benzene rings is 1. The fraction of sp³-hybridized carbons (Fsp3) is 0.409. The maximum absolute atomic E-state index is 13.7. The third kappa shape index (κ3) is 2.88. The Morgan fingerprint density at radius 1 is 1.12 bits per heavy atom. The number of amides is 1. The van der Waals surface area contributed by atoms with Crippen LogP contribution in [0.15, 0.2) is 35.1 Å². The molecule has 0 bridgehead atoms. The Labute approximate surface area is 199 Å². The Bertz CT molecular complexity index is 1190. The molecule has 1 fully saturated rings. The lowest BCUT2D eigenvalue weighted by molar-refractivity contribution is -0.181. The van der Waals surface area contributed by atoms with Crippen LogP contribution in [-0.4, -0.2) is 84.9 Å². The smallest absolute Gasteiger partial charge is 0.255 e. The Hall–Kier alpha value is -2.96. The minimum atomic E-state index is -3.02. The molecule has 11 nitrogen and oxygen atoms in total. The molecule has 1 aromatic rings. The van der Waals surface area contributed by atoms with Crippen LogP contribution in [0.1, 0.15) is 18.1 Å². The van der Waals surface area contributed by atoms with Gasteiger partial charge in [-0.15, -0.1) is 12.4 Å². The van der Waals surface area contributed by atoms with E-state index >= 15 is 0 Å². The van der Waals surface area contributed by atoms with Crippen LogP contribution in [-0.2, 0) is 20.0 Å². The summed E-state index contributed by atoms with van der Waals surface area (Å²) in [5.41, 5.74) is -1.78. The summed E-state index contributed by atoms with van der Waals surface area (Å²) in [5.74, 6) is -9.67. The fourth-order valence-corrected chi connectivity index (χ4v) is 5.60. The first kappa shape index (κ1) is 25.7. The summed E-state index contributed by atoms with van der Waals surface area (Å²) in [6.07, 6.45) is -1.87. The number of halogens is 1. The van der Waals surface area contributed by atoms with Gasteiger partial charge in [0, 0.05) is 0 Å². The van der Waals surface area contributed by atoms with Crippen LogP contribution in [0.25, 0.3) is 5.76 Å². The van der Waals surface area contributed by atoms with E-state index in [1.807, 2.05) is 0 Å². The maximum atomic E-state index is 13.7. The highest BCUT2D eigenvalue weighted by molar-refractivity contribution is 6.24. The molecule has 3 aliphatic rings. The lowest BCUT2D eigenvalue weighted by Crippen LogP contribution is -2.71. The molecular weight excluding hydrogens is 472 g/mol. The first-order chi connectivity index (χ1) is 15.2. The monoisotopic (exact) mass is 496 g/mol. The molecule has 0 aliphatic heterocycles. The first-order valence-corrected chi connectivity index (χ1v) is 10.1. The molecule has 0 aromatic heterocycles. The number of Topliss-reactive ketones (excluding diaryl/α,β-unsaturated/α-hetero) is 2. The number of phenolic OH excluding ortho intramolecular Hbond substituents is 1. The SMILES string of the molecule is CN(C)C1C(=O)C(C(N)=O)=C(O)[C@@]2(O)C(=O)C3=C(O)c4c(O)cccc4[C@@](C)(O)C3C(O)C12.Cl. The number of hydrogen-bond acceptors (Lipinski definition) is 10. The molecule has 0 heterocycles. The summed E-state index contributed by atoms with van der Waals surface area (Å²) < 4.78 is 0. The molecule has 1 amide bonds. The van der Waals surface area contributed by atoms with Gasteiger partial charge in [0.15, 0.2) is 11.4 Å². The van der Waals surface area contributed by atoms with Crippen molar-refractivity contribution in [1.82, 2.24) is 4.90 Å². The van der Waals surface area contributed by atoms with Crippen molar-refractivity contribution in [2.75, 3.05) is 14.1 Å². The number of rotatable bonds is 2. The van der Waals surface area contributed by atoms with Crippen molar-refractivity contribution in [2.24, 2.45) is 17.6 Å². The molecule has 3 aliphatic carbocycles.